The lowest BCUT2D eigenvalue weighted by Crippen LogP contribution is -2.21. The molecule has 1 amide bonds. The van der Waals surface area contributed by atoms with E-state index in [0.717, 1.165) is 11.1 Å². The van der Waals surface area contributed by atoms with Crippen LogP contribution in [0.3, 0.4) is 0 Å². The average molecular weight is 366 g/mol. The van der Waals surface area contributed by atoms with Gasteiger partial charge in [0.2, 0.25) is 0 Å². The molecule has 0 bridgehead atoms. The molecular weight excluding hydrogens is 344 g/mol. The van der Waals surface area contributed by atoms with Crippen LogP contribution in [0.1, 0.15) is 18.1 Å². The van der Waals surface area contributed by atoms with E-state index in [4.69, 9.17) is 14.2 Å². The van der Waals surface area contributed by atoms with Crippen LogP contribution in [0, 0.1) is 0 Å². The van der Waals surface area contributed by atoms with Gasteiger partial charge in [-0.15, -0.1) is 0 Å². The molecule has 6 nitrogen and oxygen atoms in total. The number of methoxy groups -OCH3 is 3. The number of amides is 1. The van der Waals surface area contributed by atoms with Crippen LogP contribution in [-0.4, -0.2) is 38.0 Å². The first-order chi connectivity index (χ1) is 13.1. The molecule has 0 unspecified atom stereocenters. The molecule has 1 heterocycles. The van der Waals surface area contributed by atoms with Gasteiger partial charge in [0.25, 0.3) is 5.91 Å². The number of benzene rings is 2. The number of carbonyl (C=O) groups is 1. The van der Waals surface area contributed by atoms with Crippen molar-refractivity contribution < 1.29 is 19.0 Å². The van der Waals surface area contributed by atoms with Gasteiger partial charge in [-0.2, -0.15) is 5.10 Å². The molecule has 0 fully saturated rings. The predicted molar refractivity (Wildman–Crippen MR) is 104 cm³/mol. The largest absolute Gasteiger partial charge is 0.496 e. The van der Waals surface area contributed by atoms with Crippen LogP contribution < -0.4 is 14.2 Å². The maximum Gasteiger partial charge on any atom is 0.276 e. The summed E-state index contributed by atoms with van der Waals surface area (Å²) in [6.07, 6.45) is 1.77. The molecule has 0 N–H and O–H groups in total. The fraction of sp³-hybridized carbons (Fsp3) is 0.238. The van der Waals surface area contributed by atoms with E-state index in [1.807, 2.05) is 37.3 Å². The van der Waals surface area contributed by atoms with Crippen LogP contribution in [-0.2, 0) is 11.3 Å². The highest BCUT2D eigenvalue weighted by Crippen LogP contribution is 2.36. The van der Waals surface area contributed by atoms with E-state index in [-0.39, 0.29) is 5.91 Å². The van der Waals surface area contributed by atoms with Gasteiger partial charge in [0, 0.05) is 11.6 Å². The Morgan fingerprint density at radius 2 is 1.59 bits per heavy atom. The molecule has 0 atom stereocenters. The van der Waals surface area contributed by atoms with Gasteiger partial charge in [0.05, 0.1) is 39.2 Å². The number of carbonyl (C=O) groups excluding carboxylic acids is 1. The van der Waals surface area contributed by atoms with Crippen LogP contribution in [0.5, 0.6) is 17.2 Å². The summed E-state index contributed by atoms with van der Waals surface area (Å²) in [5.41, 5.74) is 2.92. The van der Waals surface area contributed by atoms with E-state index < -0.39 is 0 Å². The Kier molecular flexibility index (Phi) is 5.45. The molecule has 140 valence electrons. The second kappa shape index (κ2) is 7.95. The molecule has 0 aliphatic carbocycles. The lowest BCUT2D eigenvalue weighted by molar-refractivity contribution is -0.126. The molecule has 1 aliphatic heterocycles. The third kappa shape index (κ3) is 3.79. The van der Waals surface area contributed by atoms with Gasteiger partial charge < -0.3 is 14.2 Å². The minimum atomic E-state index is -0.145. The number of hydrogen-bond acceptors (Lipinski definition) is 5. The first kappa shape index (κ1) is 18.5. The van der Waals surface area contributed by atoms with Crippen molar-refractivity contribution in [2.75, 3.05) is 21.3 Å². The van der Waals surface area contributed by atoms with Gasteiger partial charge in [0.1, 0.15) is 5.75 Å². The number of nitrogens with zero attached hydrogens (tertiary/aromatic N) is 2. The third-order valence-electron chi connectivity index (χ3n) is 4.34. The van der Waals surface area contributed by atoms with E-state index in [1.165, 1.54) is 5.01 Å². The van der Waals surface area contributed by atoms with Crippen LogP contribution >= 0.6 is 0 Å². The van der Waals surface area contributed by atoms with Crippen molar-refractivity contribution in [2.24, 2.45) is 5.10 Å². The van der Waals surface area contributed by atoms with Gasteiger partial charge in [-0.05, 0) is 24.6 Å². The predicted octanol–water partition coefficient (Wildman–Crippen LogP) is 3.51. The van der Waals surface area contributed by atoms with Crippen molar-refractivity contribution in [3.05, 3.63) is 59.2 Å². The third-order valence-corrected chi connectivity index (χ3v) is 4.34. The monoisotopic (exact) mass is 366 g/mol. The summed E-state index contributed by atoms with van der Waals surface area (Å²) >= 11 is 0. The second-order valence-electron chi connectivity index (χ2n) is 6.04. The van der Waals surface area contributed by atoms with Crippen molar-refractivity contribution in [3.63, 3.8) is 0 Å². The summed E-state index contributed by atoms with van der Waals surface area (Å²) in [5.74, 6) is 1.56. The maximum atomic E-state index is 12.8. The summed E-state index contributed by atoms with van der Waals surface area (Å²) in [6, 6.07) is 13.3. The summed E-state index contributed by atoms with van der Waals surface area (Å²) in [7, 11) is 4.70. The lowest BCUT2D eigenvalue weighted by atomic mass is 10.1. The minimum Gasteiger partial charge on any atom is -0.496 e. The highest BCUT2D eigenvalue weighted by Gasteiger charge is 2.28. The van der Waals surface area contributed by atoms with Gasteiger partial charge in [0.15, 0.2) is 11.5 Å². The number of ether oxygens (including phenoxy) is 3. The second-order valence-corrected chi connectivity index (χ2v) is 6.04. The summed E-state index contributed by atoms with van der Waals surface area (Å²) in [6.45, 7) is 2.25. The van der Waals surface area contributed by atoms with Crippen molar-refractivity contribution in [1.82, 2.24) is 5.01 Å². The fourth-order valence-corrected chi connectivity index (χ4v) is 2.92. The fourth-order valence-electron chi connectivity index (χ4n) is 2.92. The van der Waals surface area contributed by atoms with Crippen molar-refractivity contribution >= 4 is 17.7 Å². The van der Waals surface area contributed by atoms with Crippen LogP contribution in [0.25, 0.3) is 6.08 Å². The Morgan fingerprint density at radius 3 is 2.22 bits per heavy atom. The Balaban J connectivity index is 1.93. The van der Waals surface area contributed by atoms with E-state index >= 15 is 0 Å². The first-order valence-corrected chi connectivity index (χ1v) is 8.50. The normalized spacial score (nSPS) is 15.1. The Labute approximate surface area is 158 Å². The zero-order valence-corrected chi connectivity index (χ0v) is 15.9. The van der Waals surface area contributed by atoms with Gasteiger partial charge in [-0.3, -0.25) is 4.79 Å². The Bertz CT molecular complexity index is 904. The molecule has 0 radical (unpaired) electrons. The SMILES string of the molecule is COc1cc(OC)c(OC)cc1C=C1C(=O)N(Cc2ccccc2)N=C1C. The van der Waals surface area contributed by atoms with Gasteiger partial charge in [-0.25, -0.2) is 5.01 Å². The van der Waals surface area contributed by atoms with Gasteiger partial charge >= 0.3 is 0 Å². The van der Waals surface area contributed by atoms with Crippen molar-refractivity contribution in [1.29, 1.82) is 0 Å². The molecule has 2 aromatic rings. The standard InChI is InChI=1S/C21H22N2O4/c1-14-17(21(24)23(22-14)13-15-8-6-5-7-9-15)10-16-11-19(26-3)20(27-4)12-18(16)25-2/h5-12H,13H2,1-4H3. The summed E-state index contributed by atoms with van der Waals surface area (Å²) < 4.78 is 16.1. The average Bonchev–Trinajstić information content (AvgIpc) is 2.95. The molecule has 6 heteroatoms. The van der Waals surface area contributed by atoms with E-state index in [1.54, 1.807) is 39.5 Å². The number of rotatable bonds is 6. The van der Waals surface area contributed by atoms with Crippen molar-refractivity contribution in [3.8, 4) is 17.2 Å². The van der Waals surface area contributed by atoms with E-state index in [2.05, 4.69) is 5.10 Å². The topological polar surface area (TPSA) is 60.4 Å². The zero-order valence-electron chi connectivity index (χ0n) is 15.9. The maximum absolute atomic E-state index is 12.8. The molecule has 27 heavy (non-hydrogen) atoms. The van der Waals surface area contributed by atoms with E-state index in [0.29, 0.717) is 35.1 Å². The summed E-state index contributed by atoms with van der Waals surface area (Å²) in [4.78, 5) is 12.8. The first-order valence-electron chi connectivity index (χ1n) is 8.50. The van der Waals surface area contributed by atoms with Crippen LogP contribution in [0.15, 0.2) is 53.1 Å². The molecule has 0 spiro atoms. The Hall–Kier alpha value is -3.28. The molecule has 0 saturated heterocycles. The van der Waals surface area contributed by atoms with E-state index in [9.17, 15) is 4.79 Å². The molecular formula is C21H22N2O4. The highest BCUT2D eigenvalue weighted by atomic mass is 16.5. The van der Waals surface area contributed by atoms with Gasteiger partial charge in [-0.1, -0.05) is 30.3 Å². The van der Waals surface area contributed by atoms with Crippen LogP contribution in [0.4, 0.5) is 0 Å². The molecule has 0 aromatic heterocycles. The lowest BCUT2D eigenvalue weighted by Gasteiger charge is -2.13. The number of hydrazone groups is 1. The van der Waals surface area contributed by atoms with Crippen molar-refractivity contribution in [2.45, 2.75) is 13.5 Å². The Morgan fingerprint density at radius 1 is 0.963 bits per heavy atom. The molecule has 1 aliphatic rings. The molecule has 3 rings (SSSR count). The molecule has 0 saturated carbocycles. The number of hydrogen-bond donors (Lipinski definition) is 0. The summed E-state index contributed by atoms with van der Waals surface area (Å²) in [5, 5.41) is 5.89. The van der Waals surface area contributed by atoms with Crippen LogP contribution in [0.2, 0.25) is 0 Å². The smallest absolute Gasteiger partial charge is 0.276 e. The zero-order chi connectivity index (χ0) is 19.4. The molecule has 2 aromatic carbocycles. The highest BCUT2D eigenvalue weighted by molar-refractivity contribution is 6.26. The quantitative estimate of drug-likeness (QED) is 0.734. The minimum absolute atomic E-state index is 0.145.